The first-order chi connectivity index (χ1) is 14.4. The Kier molecular flexibility index (Phi) is 7.38. The zero-order valence-electron chi connectivity index (χ0n) is 16.1. The number of nitro groups is 1. The van der Waals surface area contributed by atoms with Crippen LogP contribution in [0.4, 0.5) is 10.1 Å². The van der Waals surface area contributed by atoms with Crippen molar-refractivity contribution in [2.75, 3.05) is 6.61 Å². The molecule has 13 heteroatoms. The molecule has 0 saturated heterocycles. The van der Waals surface area contributed by atoms with Gasteiger partial charge >= 0.3 is 11.6 Å². The van der Waals surface area contributed by atoms with Crippen LogP contribution in [-0.2, 0) is 6.54 Å². The van der Waals surface area contributed by atoms with Crippen molar-refractivity contribution in [2.45, 2.75) is 51.7 Å². The second-order valence-electron chi connectivity index (χ2n) is 6.73. The van der Waals surface area contributed by atoms with Crippen LogP contribution in [0.5, 0.6) is 5.88 Å². The van der Waals surface area contributed by atoms with Crippen molar-refractivity contribution in [3.05, 3.63) is 32.4 Å². The van der Waals surface area contributed by atoms with Crippen LogP contribution in [0.25, 0.3) is 11.0 Å². The molecule has 30 heavy (non-hydrogen) atoms. The summed E-state index contributed by atoms with van der Waals surface area (Å²) in [5, 5.41) is 22.2. The molecule has 0 radical (unpaired) electrons. The Balaban J connectivity index is 0.000000310. The van der Waals surface area contributed by atoms with Crippen LogP contribution in [0.2, 0.25) is 10.4 Å². The van der Waals surface area contributed by atoms with Crippen LogP contribution in [0.15, 0.2) is 6.20 Å². The molecule has 3 aromatic rings. The van der Waals surface area contributed by atoms with Gasteiger partial charge in [0, 0.05) is 6.20 Å². The average Bonchev–Trinajstić information content (AvgIpc) is 3.22. The van der Waals surface area contributed by atoms with Crippen molar-refractivity contribution in [1.82, 2.24) is 29.9 Å². The van der Waals surface area contributed by atoms with Gasteiger partial charge in [0.2, 0.25) is 5.28 Å². The summed E-state index contributed by atoms with van der Waals surface area (Å²) >= 11 is 11.8. The van der Waals surface area contributed by atoms with Crippen molar-refractivity contribution in [1.29, 1.82) is 0 Å². The minimum Gasteiger partial charge on any atom is -0.470 e. The predicted molar refractivity (Wildman–Crippen MR) is 109 cm³/mol. The van der Waals surface area contributed by atoms with Gasteiger partial charge in [-0.15, -0.1) is 5.10 Å². The third-order valence-electron chi connectivity index (χ3n) is 4.56. The Morgan fingerprint density at radius 2 is 2.10 bits per heavy atom. The van der Waals surface area contributed by atoms with Gasteiger partial charge in [-0.3, -0.25) is 15.2 Å². The fraction of sp³-hybridized carbons (Fsp3) is 0.529. The Morgan fingerprint density at radius 3 is 2.73 bits per heavy atom. The number of ether oxygens (including phenoxy) is 1. The molecule has 162 valence electrons. The SMILES string of the molecule is Cc1[nH]nc(OCCn2nc(Cl)c3cnc(Cl)nc32)c1[N+](=O)[O-].FC1CCCCC1. The standard InChI is InChI=1S/C11H9Cl2N7O3.C6H11F/c1-5-7(20(21)22)10(17-16-5)23-3-2-19-9-6(8(12)18-19)4-14-11(13)15-9;7-6-4-2-1-3-5-6/h4H,2-3H2,1H3,(H,16,17);6H,1-5H2. The van der Waals surface area contributed by atoms with Crippen LogP contribution in [-0.4, -0.2) is 47.6 Å². The summed E-state index contributed by atoms with van der Waals surface area (Å²) in [4.78, 5) is 18.3. The summed E-state index contributed by atoms with van der Waals surface area (Å²) in [6, 6.07) is 0. The van der Waals surface area contributed by atoms with Gasteiger partial charge in [0.25, 0.3) is 0 Å². The van der Waals surface area contributed by atoms with Gasteiger partial charge in [0.1, 0.15) is 18.5 Å². The summed E-state index contributed by atoms with van der Waals surface area (Å²) in [6.45, 7) is 1.87. The Hall–Kier alpha value is -2.53. The van der Waals surface area contributed by atoms with E-state index in [2.05, 4.69) is 25.3 Å². The van der Waals surface area contributed by atoms with E-state index < -0.39 is 11.1 Å². The number of rotatable bonds is 5. The monoisotopic (exact) mass is 459 g/mol. The number of nitrogens with one attached hydrogen (secondary N) is 1. The molecule has 10 nitrogen and oxygen atoms in total. The molecule has 1 saturated carbocycles. The van der Waals surface area contributed by atoms with Gasteiger partial charge < -0.3 is 4.74 Å². The fourth-order valence-electron chi connectivity index (χ4n) is 3.06. The van der Waals surface area contributed by atoms with Crippen molar-refractivity contribution >= 4 is 39.9 Å². The van der Waals surface area contributed by atoms with Crippen LogP contribution in [0.1, 0.15) is 37.8 Å². The highest BCUT2D eigenvalue weighted by Gasteiger charge is 2.23. The molecule has 3 heterocycles. The first-order valence-corrected chi connectivity index (χ1v) is 10.1. The van der Waals surface area contributed by atoms with E-state index in [0.717, 1.165) is 25.7 Å². The van der Waals surface area contributed by atoms with Gasteiger partial charge in [0.05, 0.1) is 16.9 Å². The van der Waals surface area contributed by atoms with E-state index in [1.807, 2.05) is 0 Å². The summed E-state index contributed by atoms with van der Waals surface area (Å²) in [7, 11) is 0. The summed E-state index contributed by atoms with van der Waals surface area (Å²) in [5.41, 5.74) is 0.571. The number of aromatic amines is 1. The third kappa shape index (κ3) is 5.33. The average molecular weight is 460 g/mol. The lowest BCUT2D eigenvalue weighted by molar-refractivity contribution is -0.386. The molecule has 0 aliphatic heterocycles. The van der Waals surface area contributed by atoms with Crippen LogP contribution in [0.3, 0.4) is 0 Å². The first-order valence-electron chi connectivity index (χ1n) is 9.37. The minimum atomic E-state index is -0.554. The van der Waals surface area contributed by atoms with E-state index in [-0.39, 0.29) is 35.2 Å². The normalized spacial score (nSPS) is 14.4. The largest absolute Gasteiger partial charge is 0.470 e. The number of hydrogen-bond donors (Lipinski definition) is 1. The summed E-state index contributed by atoms with van der Waals surface area (Å²) in [6.07, 6.45) is 6.12. The minimum absolute atomic E-state index is 0.0646. The van der Waals surface area contributed by atoms with E-state index >= 15 is 0 Å². The molecule has 0 bridgehead atoms. The lowest BCUT2D eigenvalue weighted by Gasteiger charge is -2.12. The number of nitrogens with zero attached hydrogens (tertiary/aromatic N) is 6. The number of alkyl halides is 1. The van der Waals surface area contributed by atoms with Crippen LogP contribution < -0.4 is 4.74 Å². The Labute approximate surface area is 180 Å². The Bertz CT molecular complexity index is 1020. The van der Waals surface area contributed by atoms with E-state index in [1.165, 1.54) is 24.2 Å². The van der Waals surface area contributed by atoms with Crippen molar-refractivity contribution < 1.29 is 14.1 Å². The molecule has 0 atom stereocenters. The number of halogens is 3. The molecule has 0 amide bonds. The van der Waals surface area contributed by atoms with Crippen molar-refractivity contribution in [3.63, 3.8) is 0 Å². The highest BCUT2D eigenvalue weighted by Crippen LogP contribution is 2.27. The van der Waals surface area contributed by atoms with Gasteiger partial charge in [-0.1, -0.05) is 30.9 Å². The molecule has 1 fully saturated rings. The maximum absolute atomic E-state index is 12.2. The van der Waals surface area contributed by atoms with Gasteiger partial charge in [-0.05, 0) is 31.4 Å². The van der Waals surface area contributed by atoms with Gasteiger partial charge in [0.15, 0.2) is 10.8 Å². The maximum Gasteiger partial charge on any atom is 0.352 e. The van der Waals surface area contributed by atoms with E-state index in [1.54, 1.807) is 0 Å². The maximum atomic E-state index is 12.2. The number of aromatic nitrogens is 6. The smallest absolute Gasteiger partial charge is 0.352 e. The fourth-order valence-corrected chi connectivity index (χ4v) is 3.41. The van der Waals surface area contributed by atoms with Crippen molar-refractivity contribution in [3.8, 4) is 5.88 Å². The van der Waals surface area contributed by atoms with Crippen LogP contribution in [0, 0.1) is 17.0 Å². The highest BCUT2D eigenvalue weighted by molar-refractivity contribution is 6.34. The van der Waals surface area contributed by atoms with Gasteiger partial charge in [-0.25, -0.2) is 14.1 Å². The topological polar surface area (TPSA) is 125 Å². The zero-order chi connectivity index (χ0) is 21.7. The Morgan fingerprint density at radius 1 is 1.37 bits per heavy atom. The molecule has 0 spiro atoms. The second kappa shape index (κ2) is 9.98. The molecular weight excluding hydrogens is 440 g/mol. The molecular formula is C17H20Cl2FN7O3. The molecule has 1 N–H and O–H groups in total. The molecule has 0 unspecified atom stereocenters. The van der Waals surface area contributed by atoms with E-state index in [0.29, 0.717) is 16.7 Å². The predicted octanol–water partition coefficient (Wildman–Crippen LogP) is 4.44. The zero-order valence-corrected chi connectivity index (χ0v) is 17.7. The molecule has 4 rings (SSSR count). The molecule has 0 aromatic carbocycles. The lowest BCUT2D eigenvalue weighted by Crippen LogP contribution is -2.11. The van der Waals surface area contributed by atoms with Crippen molar-refractivity contribution in [2.24, 2.45) is 0 Å². The molecule has 3 aromatic heterocycles. The van der Waals surface area contributed by atoms with E-state index in [9.17, 15) is 14.5 Å². The first kappa shape index (κ1) is 22.2. The van der Waals surface area contributed by atoms with E-state index in [4.69, 9.17) is 27.9 Å². The second-order valence-corrected chi connectivity index (χ2v) is 7.43. The number of hydrogen-bond acceptors (Lipinski definition) is 7. The van der Waals surface area contributed by atoms with Gasteiger partial charge in [-0.2, -0.15) is 10.1 Å². The quantitative estimate of drug-likeness (QED) is 0.339. The molecule has 1 aliphatic rings. The lowest BCUT2D eigenvalue weighted by atomic mass is 9.99. The van der Waals surface area contributed by atoms with Crippen LogP contribution >= 0.6 is 23.2 Å². The third-order valence-corrected chi connectivity index (χ3v) is 5.02. The number of fused-ring (bicyclic) bond motifs is 1. The highest BCUT2D eigenvalue weighted by atomic mass is 35.5. The summed E-state index contributed by atoms with van der Waals surface area (Å²) in [5.74, 6) is -0.0808. The summed E-state index contributed by atoms with van der Waals surface area (Å²) < 4.78 is 19.0. The number of aryl methyl sites for hydroxylation is 1. The number of H-pyrrole nitrogens is 1. The molecule has 1 aliphatic carbocycles.